The molecule has 3 atom stereocenters. The molecule has 1 aliphatic rings. The lowest BCUT2D eigenvalue weighted by Crippen LogP contribution is -2.62. The Labute approximate surface area is 127 Å². The number of nitrogens with zero attached hydrogens (tertiary/aromatic N) is 2. The molecule has 0 aromatic carbocycles. The zero-order chi connectivity index (χ0) is 14.8. The quantitative estimate of drug-likeness (QED) is 0.899. The van der Waals surface area contributed by atoms with Gasteiger partial charge in [-0.25, -0.2) is 4.98 Å². The van der Waals surface area contributed by atoms with Gasteiger partial charge in [0.1, 0.15) is 5.01 Å². The molecule has 1 aliphatic heterocycles. The Kier molecular flexibility index (Phi) is 5.21. The molecule has 1 N–H and O–H groups in total. The van der Waals surface area contributed by atoms with Gasteiger partial charge in [0.15, 0.2) is 0 Å². The fourth-order valence-corrected chi connectivity index (χ4v) is 3.89. The van der Waals surface area contributed by atoms with Gasteiger partial charge in [-0.1, -0.05) is 20.8 Å². The number of piperazine rings is 1. The van der Waals surface area contributed by atoms with Crippen molar-refractivity contribution in [2.75, 3.05) is 13.1 Å². The average Bonchev–Trinajstić information content (AvgIpc) is 2.95. The van der Waals surface area contributed by atoms with Gasteiger partial charge >= 0.3 is 0 Å². The number of aromatic nitrogens is 1. The molecule has 1 aromatic rings. The minimum atomic E-state index is 0.241. The van der Waals surface area contributed by atoms with E-state index in [1.807, 2.05) is 11.3 Å². The van der Waals surface area contributed by atoms with Crippen molar-refractivity contribution in [1.29, 1.82) is 0 Å². The van der Waals surface area contributed by atoms with Crippen molar-refractivity contribution in [3.63, 3.8) is 0 Å². The second-order valence-electron chi connectivity index (χ2n) is 6.22. The molecule has 1 aromatic heterocycles. The lowest BCUT2D eigenvalue weighted by atomic mass is 9.91. The lowest BCUT2D eigenvalue weighted by Gasteiger charge is -2.48. The normalized spacial score (nSPS) is 29.6. The number of aryl methyl sites for hydroxylation is 1. The summed E-state index contributed by atoms with van der Waals surface area (Å²) in [5.41, 5.74) is 0.241. The highest BCUT2D eigenvalue weighted by molar-refractivity contribution is 7.11. The topological polar surface area (TPSA) is 28.2 Å². The summed E-state index contributed by atoms with van der Waals surface area (Å²) in [7, 11) is 0. The highest BCUT2D eigenvalue weighted by atomic mass is 32.1. The Morgan fingerprint density at radius 2 is 2.25 bits per heavy atom. The van der Waals surface area contributed by atoms with E-state index in [9.17, 15) is 0 Å². The Morgan fingerprint density at radius 3 is 2.80 bits per heavy atom. The van der Waals surface area contributed by atoms with E-state index in [2.05, 4.69) is 56.0 Å². The first kappa shape index (κ1) is 15.9. The van der Waals surface area contributed by atoms with Crippen molar-refractivity contribution in [3.05, 3.63) is 16.1 Å². The van der Waals surface area contributed by atoms with Gasteiger partial charge in [0.25, 0.3) is 0 Å². The van der Waals surface area contributed by atoms with E-state index in [1.54, 1.807) is 0 Å². The number of hydrogen-bond donors (Lipinski definition) is 1. The van der Waals surface area contributed by atoms with E-state index < -0.39 is 0 Å². The maximum absolute atomic E-state index is 4.66. The maximum atomic E-state index is 4.66. The second kappa shape index (κ2) is 6.54. The molecule has 20 heavy (non-hydrogen) atoms. The molecule has 0 bridgehead atoms. The van der Waals surface area contributed by atoms with Crippen molar-refractivity contribution >= 4 is 11.3 Å². The monoisotopic (exact) mass is 295 g/mol. The first-order valence-electron chi connectivity index (χ1n) is 7.98. The molecule has 4 heteroatoms. The van der Waals surface area contributed by atoms with Crippen LogP contribution in [-0.2, 0) is 6.42 Å². The van der Waals surface area contributed by atoms with Crippen LogP contribution in [0, 0.1) is 0 Å². The summed E-state index contributed by atoms with van der Waals surface area (Å²) < 4.78 is 0. The number of rotatable bonds is 5. The van der Waals surface area contributed by atoms with Crippen LogP contribution >= 0.6 is 11.3 Å². The highest BCUT2D eigenvalue weighted by Crippen LogP contribution is 2.31. The molecule has 3 unspecified atom stereocenters. The minimum absolute atomic E-state index is 0.241. The molecule has 114 valence electrons. The van der Waals surface area contributed by atoms with Gasteiger partial charge in [-0.2, -0.15) is 0 Å². The summed E-state index contributed by atoms with van der Waals surface area (Å²) in [5.74, 6) is 0. The van der Waals surface area contributed by atoms with Gasteiger partial charge < -0.3 is 5.32 Å². The third-order valence-electron chi connectivity index (χ3n) is 4.79. The molecule has 0 spiro atoms. The van der Waals surface area contributed by atoms with E-state index in [1.165, 1.54) is 22.7 Å². The molecular weight excluding hydrogens is 266 g/mol. The molecule has 0 aliphatic carbocycles. The molecule has 0 saturated carbocycles. The molecule has 2 rings (SSSR count). The minimum Gasteiger partial charge on any atom is -0.309 e. The molecule has 0 radical (unpaired) electrons. The first-order valence-corrected chi connectivity index (χ1v) is 8.80. The van der Waals surface area contributed by atoms with Gasteiger partial charge in [0.05, 0.1) is 6.04 Å². The number of thiazole rings is 1. The number of hydrogen-bond acceptors (Lipinski definition) is 4. The highest BCUT2D eigenvalue weighted by Gasteiger charge is 2.37. The van der Waals surface area contributed by atoms with E-state index in [0.29, 0.717) is 12.1 Å². The molecular formula is C16H29N3S. The van der Waals surface area contributed by atoms with Crippen molar-refractivity contribution in [2.45, 2.75) is 71.5 Å². The van der Waals surface area contributed by atoms with E-state index in [4.69, 9.17) is 0 Å². The van der Waals surface area contributed by atoms with Gasteiger partial charge in [-0.05, 0) is 33.1 Å². The van der Waals surface area contributed by atoms with Crippen molar-refractivity contribution in [2.24, 2.45) is 0 Å². The predicted molar refractivity (Wildman–Crippen MR) is 87.4 cm³/mol. The van der Waals surface area contributed by atoms with E-state index in [-0.39, 0.29) is 5.54 Å². The largest absolute Gasteiger partial charge is 0.309 e. The van der Waals surface area contributed by atoms with Gasteiger partial charge in [-0.15, -0.1) is 11.3 Å². The second-order valence-corrected chi connectivity index (χ2v) is 7.37. The molecule has 0 amide bonds. The SMILES string of the molecule is CCc1cnc(C(C)N2CC(C)(CC)NCC2CC)s1. The van der Waals surface area contributed by atoms with E-state index in [0.717, 1.165) is 19.5 Å². The summed E-state index contributed by atoms with van der Waals surface area (Å²) in [6.07, 6.45) is 5.52. The summed E-state index contributed by atoms with van der Waals surface area (Å²) in [4.78, 5) is 8.72. The van der Waals surface area contributed by atoms with Crippen LogP contribution in [0.2, 0.25) is 0 Å². The standard InChI is InChI=1S/C16H29N3S/c1-6-13-9-18-16(5,8-3)11-19(13)12(4)15-17-10-14(7-2)20-15/h10,12-13,18H,6-9,11H2,1-5H3. The summed E-state index contributed by atoms with van der Waals surface area (Å²) >= 11 is 1.88. The van der Waals surface area contributed by atoms with Crippen LogP contribution in [0.1, 0.15) is 63.4 Å². The Balaban J connectivity index is 2.17. The zero-order valence-electron chi connectivity index (χ0n) is 13.6. The van der Waals surface area contributed by atoms with Gasteiger partial charge in [0, 0.05) is 35.7 Å². The van der Waals surface area contributed by atoms with E-state index >= 15 is 0 Å². The third kappa shape index (κ3) is 3.23. The van der Waals surface area contributed by atoms with Crippen molar-refractivity contribution in [3.8, 4) is 0 Å². The third-order valence-corrected chi connectivity index (χ3v) is 6.10. The molecule has 1 fully saturated rings. The van der Waals surface area contributed by atoms with Gasteiger partial charge in [0.2, 0.25) is 0 Å². The van der Waals surface area contributed by atoms with Crippen LogP contribution < -0.4 is 5.32 Å². The maximum Gasteiger partial charge on any atom is 0.110 e. The van der Waals surface area contributed by atoms with Crippen LogP contribution in [-0.4, -0.2) is 34.6 Å². The average molecular weight is 295 g/mol. The summed E-state index contributed by atoms with van der Waals surface area (Å²) in [6.45, 7) is 13.7. The fourth-order valence-electron chi connectivity index (χ4n) is 2.96. The summed E-state index contributed by atoms with van der Waals surface area (Å²) in [6, 6.07) is 1.05. The predicted octanol–water partition coefficient (Wildman–Crippen LogP) is 3.62. The van der Waals surface area contributed by atoms with Crippen molar-refractivity contribution < 1.29 is 0 Å². The zero-order valence-corrected chi connectivity index (χ0v) is 14.4. The van der Waals surface area contributed by atoms with Crippen LogP contribution in [0.4, 0.5) is 0 Å². The fraction of sp³-hybridized carbons (Fsp3) is 0.812. The van der Waals surface area contributed by atoms with Crippen LogP contribution in [0.3, 0.4) is 0 Å². The van der Waals surface area contributed by atoms with Crippen LogP contribution in [0.15, 0.2) is 6.20 Å². The molecule has 3 nitrogen and oxygen atoms in total. The lowest BCUT2D eigenvalue weighted by molar-refractivity contribution is 0.0493. The molecule has 2 heterocycles. The molecule has 1 saturated heterocycles. The Bertz CT molecular complexity index is 431. The smallest absolute Gasteiger partial charge is 0.110 e. The first-order chi connectivity index (χ1) is 9.53. The Morgan fingerprint density at radius 1 is 1.50 bits per heavy atom. The van der Waals surface area contributed by atoms with Crippen molar-refractivity contribution in [1.82, 2.24) is 15.2 Å². The summed E-state index contributed by atoms with van der Waals surface area (Å²) in [5, 5.41) is 5.02. The Hall–Kier alpha value is -0.450. The van der Waals surface area contributed by atoms with Gasteiger partial charge in [-0.3, -0.25) is 4.90 Å². The van der Waals surface area contributed by atoms with Crippen LogP contribution in [0.5, 0.6) is 0 Å². The van der Waals surface area contributed by atoms with Crippen LogP contribution in [0.25, 0.3) is 0 Å². The number of nitrogens with one attached hydrogen (secondary N) is 1.